The van der Waals surface area contributed by atoms with E-state index < -0.39 is 41.0 Å². The van der Waals surface area contributed by atoms with E-state index >= 15 is 0 Å². The largest absolute Gasteiger partial charge is 0.416 e. The van der Waals surface area contributed by atoms with Crippen molar-refractivity contribution in [2.75, 3.05) is 12.4 Å². The quantitative estimate of drug-likeness (QED) is 0.221. The molecule has 0 spiro atoms. The van der Waals surface area contributed by atoms with E-state index in [1.54, 1.807) is 13.0 Å². The average molecular weight is 597 g/mol. The van der Waals surface area contributed by atoms with Crippen LogP contribution in [0.3, 0.4) is 0 Å². The van der Waals surface area contributed by atoms with Crippen molar-refractivity contribution in [1.82, 2.24) is 13.8 Å². The van der Waals surface area contributed by atoms with E-state index in [0.717, 1.165) is 38.6 Å². The van der Waals surface area contributed by atoms with Crippen molar-refractivity contribution in [3.8, 4) is 0 Å². The number of para-hydroxylation sites is 1. The molecule has 1 atom stereocenters. The predicted octanol–water partition coefficient (Wildman–Crippen LogP) is 7.08. The number of fused-ring (bicyclic) bond motifs is 1. The molecule has 41 heavy (non-hydrogen) atoms. The summed E-state index contributed by atoms with van der Waals surface area (Å²) >= 11 is 1.10. The topological polar surface area (TPSA) is 67.2 Å². The fourth-order valence-electron chi connectivity index (χ4n) is 4.64. The third-order valence-electron chi connectivity index (χ3n) is 6.73. The van der Waals surface area contributed by atoms with Crippen LogP contribution < -0.4 is 5.32 Å². The van der Waals surface area contributed by atoms with Crippen molar-refractivity contribution in [1.29, 1.82) is 0 Å². The molecular weight excluding hydrogens is 570 g/mol. The molecule has 2 aromatic carbocycles. The third-order valence-corrected chi connectivity index (χ3v) is 7.53. The zero-order chi connectivity index (χ0) is 30.1. The second-order valence-electron chi connectivity index (χ2n) is 9.77. The first-order valence-corrected chi connectivity index (χ1v) is 13.2. The average Bonchev–Trinajstić information content (AvgIpc) is 3.46. The van der Waals surface area contributed by atoms with Gasteiger partial charge in [0.1, 0.15) is 5.00 Å². The minimum atomic E-state index is -5.09. The maximum atomic E-state index is 13.4. The highest BCUT2D eigenvalue weighted by molar-refractivity contribution is 7.10. The van der Waals surface area contributed by atoms with Crippen LogP contribution in [0.4, 0.5) is 31.3 Å². The van der Waals surface area contributed by atoms with Gasteiger partial charge in [0.05, 0.1) is 16.8 Å². The van der Waals surface area contributed by atoms with E-state index in [-0.39, 0.29) is 31.2 Å². The Morgan fingerprint density at radius 1 is 1.02 bits per heavy atom. The van der Waals surface area contributed by atoms with Gasteiger partial charge in [0.15, 0.2) is 0 Å². The fraction of sp³-hybridized carbons (Fsp3) is 0.321. The zero-order valence-corrected chi connectivity index (χ0v) is 23.0. The second kappa shape index (κ2) is 11.6. The van der Waals surface area contributed by atoms with Crippen LogP contribution in [-0.2, 0) is 30.6 Å². The molecule has 0 fully saturated rings. The summed E-state index contributed by atoms with van der Waals surface area (Å²) in [5.41, 5.74) is -1.46. The Balaban J connectivity index is 1.65. The summed E-state index contributed by atoms with van der Waals surface area (Å²) in [4.78, 5) is 27.2. The first kappa shape index (κ1) is 30.1. The standard InChI is InChI=1S/C28H26F6N4O2S/c1-16-10-25(41-36-16)35-24(39)9-8-21(13-18-15-37(2)23-7-5-4-6-22(18)23)38(3)26(40)17-11-19(27(29,30)31)14-20(12-17)28(32,33)34/h4-7,10-12,14-15,21H,8-9,13H2,1-3H3,(H,35,39). The first-order chi connectivity index (χ1) is 19.1. The maximum Gasteiger partial charge on any atom is 0.416 e. The van der Waals surface area contributed by atoms with Crippen molar-refractivity contribution in [2.45, 2.75) is 44.6 Å². The van der Waals surface area contributed by atoms with Gasteiger partial charge in [-0.15, -0.1) is 0 Å². The monoisotopic (exact) mass is 596 g/mol. The molecular formula is C28H26F6N4O2S. The second-order valence-corrected chi connectivity index (χ2v) is 10.6. The Labute approximate surface area is 235 Å². The number of hydrogen-bond donors (Lipinski definition) is 1. The highest BCUT2D eigenvalue weighted by Crippen LogP contribution is 2.37. The predicted molar refractivity (Wildman–Crippen MR) is 144 cm³/mol. The number of amides is 2. The van der Waals surface area contributed by atoms with Gasteiger partial charge in [-0.05, 0) is 67.2 Å². The first-order valence-electron chi connectivity index (χ1n) is 12.5. The lowest BCUT2D eigenvalue weighted by atomic mass is 9.98. The van der Waals surface area contributed by atoms with Crippen molar-refractivity contribution in [3.05, 3.63) is 82.7 Å². The van der Waals surface area contributed by atoms with Gasteiger partial charge in [0.25, 0.3) is 5.91 Å². The van der Waals surface area contributed by atoms with Gasteiger partial charge in [-0.2, -0.15) is 30.7 Å². The number of benzene rings is 2. The summed E-state index contributed by atoms with van der Waals surface area (Å²) in [6.45, 7) is 1.77. The minimum Gasteiger partial charge on any atom is -0.350 e. The number of halogens is 6. The fourth-order valence-corrected chi connectivity index (χ4v) is 5.32. The number of nitrogens with one attached hydrogen (secondary N) is 1. The lowest BCUT2D eigenvalue weighted by Crippen LogP contribution is -2.39. The Morgan fingerprint density at radius 2 is 1.66 bits per heavy atom. The molecule has 2 amide bonds. The van der Waals surface area contributed by atoms with Gasteiger partial charge in [0.2, 0.25) is 5.91 Å². The molecule has 0 aliphatic carbocycles. The summed E-state index contributed by atoms with van der Waals surface area (Å²) < 4.78 is 86.6. The minimum absolute atomic E-state index is 0.0180. The number of anilines is 1. The van der Waals surface area contributed by atoms with E-state index in [4.69, 9.17) is 0 Å². The molecule has 2 heterocycles. The van der Waals surface area contributed by atoms with Crippen LogP contribution in [0.2, 0.25) is 0 Å². The Kier molecular flexibility index (Phi) is 8.48. The molecule has 0 bridgehead atoms. The maximum absolute atomic E-state index is 13.4. The van der Waals surface area contributed by atoms with Crippen molar-refractivity contribution >= 4 is 39.3 Å². The molecule has 13 heteroatoms. The summed E-state index contributed by atoms with van der Waals surface area (Å²) in [5, 5.41) is 4.14. The summed E-state index contributed by atoms with van der Waals surface area (Å²) in [6, 6.07) is 9.25. The van der Waals surface area contributed by atoms with Gasteiger partial charge < -0.3 is 14.8 Å². The normalized spacial score (nSPS) is 12.9. The van der Waals surface area contributed by atoms with E-state index in [0.29, 0.717) is 17.1 Å². The Morgan fingerprint density at radius 3 is 2.24 bits per heavy atom. The zero-order valence-electron chi connectivity index (χ0n) is 22.2. The van der Waals surface area contributed by atoms with Gasteiger partial charge in [-0.25, -0.2) is 0 Å². The number of alkyl halides is 6. The van der Waals surface area contributed by atoms with Crippen molar-refractivity contribution < 1.29 is 35.9 Å². The summed E-state index contributed by atoms with van der Waals surface area (Å²) in [5.74, 6) is -1.39. The van der Waals surface area contributed by atoms with Crippen LogP contribution in [-0.4, -0.2) is 38.7 Å². The van der Waals surface area contributed by atoms with E-state index in [9.17, 15) is 35.9 Å². The van der Waals surface area contributed by atoms with E-state index in [2.05, 4.69) is 9.69 Å². The summed E-state index contributed by atoms with van der Waals surface area (Å²) in [7, 11) is 3.15. The lowest BCUT2D eigenvalue weighted by Gasteiger charge is -2.29. The summed E-state index contributed by atoms with van der Waals surface area (Å²) in [6.07, 6.45) is -8.08. The van der Waals surface area contributed by atoms with Crippen LogP contribution in [0.1, 0.15) is 45.6 Å². The molecule has 0 aliphatic heterocycles. The van der Waals surface area contributed by atoms with Gasteiger partial charge in [-0.1, -0.05) is 18.2 Å². The molecule has 0 saturated carbocycles. The molecule has 4 aromatic rings. The number of rotatable bonds is 8. The van der Waals surface area contributed by atoms with Gasteiger partial charge >= 0.3 is 12.4 Å². The SMILES string of the molecule is Cc1cc(NC(=O)CCC(Cc2cn(C)c3ccccc23)N(C)C(=O)c2cc(C(F)(F)F)cc(C(F)(F)F)c2)sn1. The molecule has 1 unspecified atom stereocenters. The molecule has 1 N–H and O–H groups in total. The van der Waals surface area contributed by atoms with E-state index in [1.807, 2.05) is 42.1 Å². The van der Waals surface area contributed by atoms with E-state index in [1.165, 1.54) is 7.05 Å². The van der Waals surface area contributed by atoms with Gasteiger partial charge in [0, 0.05) is 49.2 Å². The Hall–Kier alpha value is -3.87. The smallest absolute Gasteiger partial charge is 0.350 e. The molecule has 2 aromatic heterocycles. The highest BCUT2D eigenvalue weighted by Gasteiger charge is 2.38. The van der Waals surface area contributed by atoms with Crippen molar-refractivity contribution in [2.24, 2.45) is 7.05 Å². The number of nitrogens with zero attached hydrogens (tertiary/aromatic N) is 3. The molecule has 4 rings (SSSR count). The highest BCUT2D eigenvalue weighted by atomic mass is 32.1. The molecule has 0 radical (unpaired) electrons. The number of carbonyl (C=O) groups excluding carboxylic acids is 2. The molecule has 218 valence electrons. The van der Waals surface area contributed by atoms with Crippen molar-refractivity contribution in [3.63, 3.8) is 0 Å². The molecule has 0 aliphatic rings. The third kappa shape index (κ3) is 7.07. The van der Waals surface area contributed by atoms with Gasteiger partial charge in [-0.3, -0.25) is 9.59 Å². The van der Waals surface area contributed by atoms with Crippen LogP contribution in [0.25, 0.3) is 10.9 Å². The number of aryl methyl sites for hydroxylation is 2. The number of hydrogen-bond acceptors (Lipinski definition) is 4. The molecule has 0 saturated heterocycles. The lowest BCUT2D eigenvalue weighted by molar-refractivity contribution is -0.143. The number of likely N-dealkylation sites (N-methyl/N-ethyl adjacent to an activating group) is 1. The number of carbonyl (C=O) groups is 2. The Bertz CT molecular complexity index is 1540. The number of aromatic nitrogens is 2. The van der Waals surface area contributed by atoms with Crippen LogP contribution >= 0.6 is 11.5 Å². The van der Waals surface area contributed by atoms with Crippen LogP contribution in [0, 0.1) is 6.92 Å². The molecule has 6 nitrogen and oxygen atoms in total. The van der Waals surface area contributed by atoms with Crippen LogP contribution in [0.5, 0.6) is 0 Å². The van der Waals surface area contributed by atoms with Crippen LogP contribution in [0.15, 0.2) is 54.7 Å².